The lowest BCUT2D eigenvalue weighted by Gasteiger charge is -2.24. The molecule has 0 spiro atoms. The molecule has 172 valence electrons. The zero-order chi connectivity index (χ0) is 23.6. The zero-order valence-electron chi connectivity index (χ0n) is 18.0. The van der Waals surface area contributed by atoms with Crippen LogP contribution >= 0.6 is 11.6 Å². The Morgan fingerprint density at radius 1 is 0.970 bits per heavy atom. The maximum atomic E-state index is 13.1. The van der Waals surface area contributed by atoms with E-state index < -0.39 is 5.54 Å². The first-order valence-electron chi connectivity index (χ1n) is 10.4. The molecular weight excluding hydrogens is 446 g/mol. The van der Waals surface area contributed by atoms with Gasteiger partial charge in [-0.2, -0.15) is 0 Å². The van der Waals surface area contributed by atoms with Crippen LogP contribution in [0.1, 0.15) is 12.0 Å². The van der Waals surface area contributed by atoms with E-state index in [0.717, 1.165) is 5.56 Å². The molecule has 0 saturated heterocycles. The molecule has 0 atom stereocenters. The number of aliphatic hydroxyl groups excluding tert-OH is 2. The number of ether oxygens (including phenoxy) is 2. The summed E-state index contributed by atoms with van der Waals surface area (Å²) in [7, 11) is 1.53. The summed E-state index contributed by atoms with van der Waals surface area (Å²) >= 11 is 6.16. The van der Waals surface area contributed by atoms with Gasteiger partial charge < -0.3 is 29.8 Å². The molecule has 0 amide bonds. The van der Waals surface area contributed by atoms with E-state index in [4.69, 9.17) is 31.2 Å². The molecule has 0 aliphatic carbocycles. The van der Waals surface area contributed by atoms with Gasteiger partial charge in [0.2, 0.25) is 5.43 Å². The summed E-state index contributed by atoms with van der Waals surface area (Å²) in [5, 5.41) is 20.0. The average Bonchev–Trinajstić information content (AvgIpc) is 2.83. The van der Waals surface area contributed by atoms with Crippen molar-refractivity contribution < 1.29 is 24.1 Å². The van der Waals surface area contributed by atoms with Crippen molar-refractivity contribution in [1.29, 1.82) is 0 Å². The molecule has 8 heteroatoms. The Kier molecular flexibility index (Phi) is 6.58. The highest BCUT2D eigenvalue weighted by molar-refractivity contribution is 6.32. The first-order chi connectivity index (χ1) is 15.9. The third kappa shape index (κ3) is 4.82. The standard InChI is InChI=1S/C25H24ClNO6/c1-31-22-7-4-17(12-20(22)26)32-16-3-6-21-19(11-16)24(30)18-5-2-15(10-23(18)33-21)8-9-25(27,13-28)14-29/h2-7,10-12,28-29H,8-9,13-14,27H2,1H3. The lowest BCUT2D eigenvalue weighted by atomic mass is 9.93. The predicted molar refractivity (Wildman–Crippen MR) is 127 cm³/mol. The SMILES string of the molecule is COc1ccc(Oc2ccc3oc4cc(CCC(N)(CO)CO)ccc4c(=O)c3c2)cc1Cl. The third-order valence-corrected chi connectivity index (χ3v) is 5.90. The Hall–Kier alpha value is -3.10. The van der Waals surface area contributed by atoms with Gasteiger partial charge in [0.25, 0.3) is 0 Å². The number of benzene rings is 3. The minimum absolute atomic E-state index is 0.171. The molecule has 4 N–H and O–H groups in total. The number of halogens is 1. The molecule has 0 fully saturated rings. The second-order valence-corrected chi connectivity index (χ2v) is 8.40. The molecule has 0 saturated carbocycles. The number of methoxy groups -OCH3 is 1. The van der Waals surface area contributed by atoms with Crippen LogP contribution in [0.4, 0.5) is 0 Å². The minimum Gasteiger partial charge on any atom is -0.495 e. The van der Waals surface area contributed by atoms with Gasteiger partial charge in [0.05, 0.1) is 41.7 Å². The summed E-state index contributed by atoms with van der Waals surface area (Å²) in [5.74, 6) is 1.52. The Morgan fingerprint density at radius 2 is 1.70 bits per heavy atom. The zero-order valence-corrected chi connectivity index (χ0v) is 18.8. The Bertz CT molecular complexity index is 1360. The van der Waals surface area contributed by atoms with Crippen LogP contribution in [0, 0.1) is 0 Å². The number of rotatable bonds is 8. The second kappa shape index (κ2) is 9.41. The van der Waals surface area contributed by atoms with E-state index >= 15 is 0 Å². The quantitative estimate of drug-likeness (QED) is 0.334. The number of fused-ring (bicyclic) bond motifs is 2. The van der Waals surface area contributed by atoms with Gasteiger partial charge in [-0.1, -0.05) is 17.7 Å². The highest BCUT2D eigenvalue weighted by Gasteiger charge is 2.22. The van der Waals surface area contributed by atoms with E-state index in [1.54, 1.807) is 48.5 Å². The van der Waals surface area contributed by atoms with Gasteiger partial charge in [-0.3, -0.25) is 4.79 Å². The maximum absolute atomic E-state index is 13.1. The van der Waals surface area contributed by atoms with Crippen molar-refractivity contribution in [3.8, 4) is 17.2 Å². The van der Waals surface area contributed by atoms with Gasteiger partial charge in [0, 0.05) is 6.07 Å². The van der Waals surface area contributed by atoms with E-state index in [-0.39, 0.29) is 18.6 Å². The fourth-order valence-corrected chi connectivity index (χ4v) is 3.79. The summed E-state index contributed by atoms with van der Waals surface area (Å²) in [6.07, 6.45) is 0.909. The Morgan fingerprint density at radius 3 is 2.39 bits per heavy atom. The van der Waals surface area contributed by atoms with E-state index in [1.807, 2.05) is 6.07 Å². The molecule has 0 aliphatic rings. The second-order valence-electron chi connectivity index (χ2n) is 8.00. The number of hydrogen-bond donors (Lipinski definition) is 3. The van der Waals surface area contributed by atoms with Crippen molar-refractivity contribution >= 4 is 33.5 Å². The van der Waals surface area contributed by atoms with Crippen LogP contribution in [0.3, 0.4) is 0 Å². The monoisotopic (exact) mass is 469 g/mol. The fourth-order valence-electron chi connectivity index (χ4n) is 3.54. The highest BCUT2D eigenvalue weighted by atomic mass is 35.5. The molecule has 7 nitrogen and oxygen atoms in total. The van der Waals surface area contributed by atoms with Gasteiger partial charge >= 0.3 is 0 Å². The van der Waals surface area contributed by atoms with Gasteiger partial charge in [0.15, 0.2) is 0 Å². The minimum atomic E-state index is -1.05. The highest BCUT2D eigenvalue weighted by Crippen LogP contribution is 2.32. The van der Waals surface area contributed by atoms with Crippen LogP contribution < -0.4 is 20.6 Å². The van der Waals surface area contributed by atoms with Crippen molar-refractivity contribution in [3.05, 3.63) is 75.4 Å². The molecule has 33 heavy (non-hydrogen) atoms. The summed E-state index contributed by atoms with van der Waals surface area (Å²) in [6, 6.07) is 15.4. The van der Waals surface area contributed by atoms with E-state index in [1.165, 1.54) is 7.11 Å². The van der Waals surface area contributed by atoms with Crippen LogP contribution in [0.15, 0.2) is 63.8 Å². The van der Waals surface area contributed by atoms with Crippen molar-refractivity contribution in [3.63, 3.8) is 0 Å². The normalized spacial score (nSPS) is 11.8. The lowest BCUT2D eigenvalue weighted by Crippen LogP contribution is -2.47. The fraction of sp³-hybridized carbons (Fsp3) is 0.240. The predicted octanol–water partition coefficient (Wildman–Crippen LogP) is 4.02. The van der Waals surface area contributed by atoms with Crippen molar-refractivity contribution in [2.45, 2.75) is 18.4 Å². The number of aliphatic hydroxyl groups is 2. The van der Waals surface area contributed by atoms with E-state index in [0.29, 0.717) is 57.1 Å². The summed E-state index contributed by atoms with van der Waals surface area (Å²) < 4.78 is 17.0. The van der Waals surface area contributed by atoms with Crippen LogP contribution in [0.5, 0.6) is 17.2 Å². The molecule has 4 aromatic rings. The average molecular weight is 470 g/mol. The maximum Gasteiger partial charge on any atom is 0.200 e. The number of hydrogen-bond acceptors (Lipinski definition) is 7. The topological polar surface area (TPSA) is 115 Å². The molecular formula is C25H24ClNO6. The number of aryl methyl sites for hydroxylation is 1. The van der Waals surface area contributed by atoms with Gasteiger partial charge in [-0.05, 0) is 60.9 Å². The largest absolute Gasteiger partial charge is 0.495 e. The molecule has 0 unspecified atom stereocenters. The first-order valence-corrected chi connectivity index (χ1v) is 10.7. The number of nitrogens with two attached hydrogens (primary N) is 1. The molecule has 0 radical (unpaired) electrons. The molecule has 1 heterocycles. The molecule has 0 aliphatic heterocycles. The Labute approximate surface area is 194 Å². The third-order valence-electron chi connectivity index (χ3n) is 5.61. The van der Waals surface area contributed by atoms with Crippen molar-refractivity contribution in [1.82, 2.24) is 0 Å². The van der Waals surface area contributed by atoms with Crippen molar-refractivity contribution in [2.75, 3.05) is 20.3 Å². The molecule has 1 aromatic heterocycles. The van der Waals surface area contributed by atoms with Crippen LogP contribution in [-0.2, 0) is 6.42 Å². The molecule has 0 bridgehead atoms. The van der Waals surface area contributed by atoms with Crippen LogP contribution in [0.25, 0.3) is 21.9 Å². The van der Waals surface area contributed by atoms with Gasteiger partial charge in [-0.25, -0.2) is 0 Å². The summed E-state index contributed by atoms with van der Waals surface area (Å²) in [5.41, 5.74) is 6.50. The first kappa shape index (κ1) is 23.1. The van der Waals surface area contributed by atoms with E-state index in [2.05, 4.69) is 0 Å². The van der Waals surface area contributed by atoms with Crippen LogP contribution in [-0.4, -0.2) is 36.1 Å². The smallest absolute Gasteiger partial charge is 0.200 e. The Balaban J connectivity index is 1.64. The summed E-state index contributed by atoms with van der Waals surface area (Å²) in [4.78, 5) is 13.1. The van der Waals surface area contributed by atoms with Gasteiger partial charge in [-0.15, -0.1) is 0 Å². The van der Waals surface area contributed by atoms with Crippen LogP contribution in [0.2, 0.25) is 5.02 Å². The van der Waals surface area contributed by atoms with E-state index in [9.17, 15) is 15.0 Å². The summed E-state index contributed by atoms with van der Waals surface area (Å²) in [6.45, 7) is -0.631. The molecule has 4 rings (SSSR count). The lowest BCUT2D eigenvalue weighted by molar-refractivity contribution is 0.115. The molecule has 3 aromatic carbocycles. The van der Waals surface area contributed by atoms with Gasteiger partial charge in [0.1, 0.15) is 28.4 Å². The van der Waals surface area contributed by atoms with Crippen molar-refractivity contribution in [2.24, 2.45) is 5.73 Å².